The normalized spacial score (nSPS) is 24.7. The lowest BCUT2D eigenvalue weighted by Gasteiger charge is -2.32. The second-order valence-corrected chi connectivity index (χ2v) is 6.49. The third-order valence-electron chi connectivity index (χ3n) is 4.78. The van der Waals surface area contributed by atoms with Crippen molar-refractivity contribution in [2.45, 2.75) is 38.1 Å². The van der Waals surface area contributed by atoms with E-state index in [1.807, 2.05) is 30.3 Å². The molecule has 5 nitrogen and oxygen atoms in total. The van der Waals surface area contributed by atoms with Gasteiger partial charge >= 0.3 is 0 Å². The lowest BCUT2D eigenvalue weighted by atomic mass is 10.0. The first kappa shape index (κ1) is 16.0. The van der Waals surface area contributed by atoms with E-state index in [0.717, 1.165) is 51.0 Å². The molecule has 1 aromatic carbocycles. The molecule has 1 aromatic rings. The zero-order chi connectivity index (χ0) is 16.1. The lowest BCUT2D eigenvalue weighted by molar-refractivity contribution is -0.128. The highest BCUT2D eigenvalue weighted by Crippen LogP contribution is 2.21. The minimum absolute atomic E-state index is 0.00478. The van der Waals surface area contributed by atoms with Gasteiger partial charge in [0.15, 0.2) is 0 Å². The van der Waals surface area contributed by atoms with Gasteiger partial charge in [0.25, 0.3) is 0 Å². The molecule has 2 saturated heterocycles. The average Bonchev–Trinajstić information content (AvgIpc) is 3.09. The lowest BCUT2D eigenvalue weighted by Crippen LogP contribution is -2.52. The smallest absolute Gasteiger partial charge is 0.249 e. The van der Waals surface area contributed by atoms with Crippen LogP contribution in [0.5, 0.6) is 0 Å². The van der Waals surface area contributed by atoms with Crippen molar-refractivity contribution in [1.82, 2.24) is 10.6 Å². The molecule has 124 valence electrons. The summed E-state index contributed by atoms with van der Waals surface area (Å²) >= 11 is 0. The molecule has 2 amide bonds. The third kappa shape index (κ3) is 4.10. The Morgan fingerprint density at radius 3 is 2.83 bits per heavy atom. The largest absolute Gasteiger partial charge is 0.344 e. The van der Waals surface area contributed by atoms with Crippen molar-refractivity contribution in [3.05, 3.63) is 30.3 Å². The summed E-state index contributed by atoms with van der Waals surface area (Å²) in [4.78, 5) is 26.6. The van der Waals surface area contributed by atoms with Crippen LogP contribution in [0.3, 0.4) is 0 Å². The molecule has 23 heavy (non-hydrogen) atoms. The van der Waals surface area contributed by atoms with Crippen molar-refractivity contribution in [3.8, 4) is 0 Å². The Bertz CT molecular complexity index is 540. The van der Waals surface area contributed by atoms with Gasteiger partial charge in [-0.15, -0.1) is 0 Å². The molecule has 2 atom stereocenters. The Morgan fingerprint density at radius 1 is 1.26 bits per heavy atom. The molecular formula is C18H25N3O2. The Morgan fingerprint density at radius 2 is 2.09 bits per heavy atom. The van der Waals surface area contributed by atoms with E-state index in [1.165, 1.54) is 0 Å². The average molecular weight is 315 g/mol. The van der Waals surface area contributed by atoms with E-state index < -0.39 is 0 Å². The predicted octanol–water partition coefficient (Wildman–Crippen LogP) is 1.69. The van der Waals surface area contributed by atoms with Crippen LogP contribution < -0.4 is 15.5 Å². The number of rotatable bonds is 5. The number of carbonyl (C=O) groups is 2. The predicted molar refractivity (Wildman–Crippen MR) is 90.2 cm³/mol. The van der Waals surface area contributed by atoms with E-state index in [9.17, 15) is 9.59 Å². The van der Waals surface area contributed by atoms with Gasteiger partial charge in [0.2, 0.25) is 11.8 Å². The second-order valence-electron chi connectivity index (χ2n) is 6.49. The highest BCUT2D eigenvalue weighted by Gasteiger charge is 2.30. The highest BCUT2D eigenvalue weighted by atomic mass is 16.2. The van der Waals surface area contributed by atoms with Crippen LogP contribution in [0.15, 0.2) is 30.3 Å². The van der Waals surface area contributed by atoms with Gasteiger partial charge in [0, 0.05) is 18.7 Å². The molecule has 2 N–H and O–H groups in total. The summed E-state index contributed by atoms with van der Waals surface area (Å²) in [5.41, 5.74) is 0.911. The molecule has 0 saturated carbocycles. The molecule has 5 heteroatoms. The zero-order valence-corrected chi connectivity index (χ0v) is 13.5. The zero-order valence-electron chi connectivity index (χ0n) is 13.5. The number of piperidine rings is 1. The van der Waals surface area contributed by atoms with Gasteiger partial charge in [-0.05, 0) is 56.8 Å². The number of para-hydroxylation sites is 1. The van der Waals surface area contributed by atoms with Crippen molar-refractivity contribution in [3.63, 3.8) is 0 Å². The quantitative estimate of drug-likeness (QED) is 0.869. The first-order chi connectivity index (χ1) is 11.2. The van der Waals surface area contributed by atoms with Crippen LogP contribution in [0.4, 0.5) is 5.69 Å². The Kier molecular flexibility index (Phi) is 5.28. The maximum Gasteiger partial charge on any atom is 0.249 e. The minimum Gasteiger partial charge on any atom is -0.344 e. The maximum atomic E-state index is 12.6. The molecule has 0 aromatic heterocycles. The molecule has 2 unspecified atom stereocenters. The molecular weight excluding hydrogens is 290 g/mol. The second kappa shape index (κ2) is 7.59. The molecule has 3 rings (SSSR count). The van der Waals surface area contributed by atoms with E-state index in [-0.39, 0.29) is 17.9 Å². The fourth-order valence-corrected chi connectivity index (χ4v) is 3.44. The van der Waals surface area contributed by atoms with E-state index in [4.69, 9.17) is 0 Å². The Balaban J connectivity index is 1.52. The summed E-state index contributed by atoms with van der Waals surface area (Å²) in [7, 11) is 0. The van der Waals surface area contributed by atoms with Gasteiger partial charge in [0.1, 0.15) is 6.04 Å². The number of nitrogens with zero attached hydrogens (tertiary/aromatic N) is 1. The topological polar surface area (TPSA) is 61.4 Å². The third-order valence-corrected chi connectivity index (χ3v) is 4.78. The first-order valence-electron chi connectivity index (χ1n) is 8.60. The number of carbonyl (C=O) groups excluding carboxylic acids is 2. The standard InChI is InChI=1S/C18H25N3O2/c22-17(9-8-14-10-11-19-13-14)20-16-7-4-12-21(18(16)23)15-5-2-1-3-6-15/h1-3,5-6,14,16,19H,4,7-13H2,(H,20,22). The number of anilines is 1. The van der Waals surface area contributed by atoms with Crippen LogP contribution in [0.25, 0.3) is 0 Å². The van der Waals surface area contributed by atoms with Gasteiger partial charge in [-0.3, -0.25) is 9.59 Å². The van der Waals surface area contributed by atoms with Crippen LogP contribution in [-0.4, -0.2) is 37.5 Å². The number of hydrogen-bond acceptors (Lipinski definition) is 3. The summed E-state index contributed by atoms with van der Waals surface area (Å²) in [5, 5.41) is 6.26. The molecule has 2 fully saturated rings. The van der Waals surface area contributed by atoms with E-state index in [0.29, 0.717) is 12.3 Å². The van der Waals surface area contributed by atoms with Gasteiger partial charge < -0.3 is 15.5 Å². The van der Waals surface area contributed by atoms with Crippen molar-refractivity contribution >= 4 is 17.5 Å². The summed E-state index contributed by atoms with van der Waals surface area (Å²) in [6, 6.07) is 9.30. The van der Waals surface area contributed by atoms with E-state index >= 15 is 0 Å². The molecule has 0 spiro atoms. The fourth-order valence-electron chi connectivity index (χ4n) is 3.44. The number of nitrogens with one attached hydrogen (secondary N) is 2. The molecule has 2 aliphatic heterocycles. The monoisotopic (exact) mass is 315 g/mol. The van der Waals surface area contributed by atoms with Crippen LogP contribution in [0.2, 0.25) is 0 Å². The van der Waals surface area contributed by atoms with Crippen LogP contribution in [-0.2, 0) is 9.59 Å². The summed E-state index contributed by atoms with van der Waals surface area (Å²) in [6.07, 6.45) is 4.22. The molecule has 2 heterocycles. The minimum atomic E-state index is -0.377. The van der Waals surface area contributed by atoms with E-state index in [2.05, 4.69) is 10.6 Å². The van der Waals surface area contributed by atoms with Gasteiger partial charge in [-0.1, -0.05) is 18.2 Å². The van der Waals surface area contributed by atoms with Crippen molar-refractivity contribution in [2.24, 2.45) is 5.92 Å². The van der Waals surface area contributed by atoms with E-state index in [1.54, 1.807) is 4.90 Å². The molecule has 2 aliphatic rings. The highest BCUT2D eigenvalue weighted by molar-refractivity contribution is 5.99. The van der Waals surface area contributed by atoms with Gasteiger partial charge in [-0.2, -0.15) is 0 Å². The van der Waals surface area contributed by atoms with Crippen molar-refractivity contribution in [1.29, 1.82) is 0 Å². The van der Waals surface area contributed by atoms with Gasteiger partial charge in [-0.25, -0.2) is 0 Å². The summed E-state index contributed by atoms with van der Waals surface area (Å²) < 4.78 is 0. The number of hydrogen-bond donors (Lipinski definition) is 2. The SMILES string of the molecule is O=C(CCC1CCNC1)NC1CCCN(c2ccccc2)C1=O. The van der Waals surface area contributed by atoms with Crippen molar-refractivity contribution < 1.29 is 9.59 Å². The molecule has 0 radical (unpaired) electrons. The summed E-state index contributed by atoms with van der Waals surface area (Å²) in [6.45, 7) is 2.79. The van der Waals surface area contributed by atoms with Crippen LogP contribution >= 0.6 is 0 Å². The molecule has 0 aliphatic carbocycles. The Hall–Kier alpha value is -1.88. The van der Waals surface area contributed by atoms with Crippen molar-refractivity contribution in [2.75, 3.05) is 24.5 Å². The van der Waals surface area contributed by atoms with Crippen LogP contribution in [0.1, 0.15) is 32.1 Å². The molecule has 0 bridgehead atoms. The van der Waals surface area contributed by atoms with Gasteiger partial charge in [0.05, 0.1) is 0 Å². The number of benzene rings is 1. The Labute approximate surface area is 137 Å². The summed E-state index contributed by atoms with van der Waals surface area (Å²) in [5.74, 6) is 0.618. The van der Waals surface area contributed by atoms with Crippen LogP contribution in [0, 0.1) is 5.92 Å². The maximum absolute atomic E-state index is 12.6. The fraction of sp³-hybridized carbons (Fsp3) is 0.556. The number of amides is 2. The first-order valence-corrected chi connectivity index (χ1v) is 8.60.